The van der Waals surface area contributed by atoms with Crippen LogP contribution in [-0.2, 0) is 20.1 Å². The third kappa shape index (κ3) is 4.43. The first-order chi connectivity index (χ1) is 12.1. The maximum absolute atomic E-state index is 12.1. The zero-order valence-electron chi connectivity index (χ0n) is 14.1. The van der Waals surface area contributed by atoms with E-state index in [1.54, 1.807) is 42.2 Å². The fourth-order valence-corrected chi connectivity index (χ4v) is 2.22. The number of nitrogens with zero attached hydrogens (tertiary/aromatic N) is 4. The molecule has 8 heteroatoms. The van der Waals surface area contributed by atoms with Gasteiger partial charge in [-0.15, -0.1) is 0 Å². The van der Waals surface area contributed by atoms with Gasteiger partial charge >= 0.3 is 0 Å². The molecule has 0 unspecified atom stereocenters. The van der Waals surface area contributed by atoms with Crippen LogP contribution in [0.25, 0.3) is 0 Å². The highest BCUT2D eigenvalue weighted by atomic mass is 16.5. The van der Waals surface area contributed by atoms with Crippen LogP contribution in [-0.4, -0.2) is 25.8 Å². The molecule has 3 rings (SSSR count). The van der Waals surface area contributed by atoms with Crippen LogP contribution in [0.5, 0.6) is 5.75 Å². The van der Waals surface area contributed by atoms with Crippen LogP contribution in [0.1, 0.15) is 35.4 Å². The fourth-order valence-electron chi connectivity index (χ4n) is 2.22. The number of carbonyl (C=O) groups is 1. The highest BCUT2D eigenvalue weighted by molar-refractivity contribution is 6.04. The summed E-state index contributed by atoms with van der Waals surface area (Å²) in [5.41, 5.74) is 1.12. The quantitative estimate of drug-likeness (QED) is 0.710. The van der Waals surface area contributed by atoms with E-state index in [4.69, 9.17) is 9.26 Å². The summed E-state index contributed by atoms with van der Waals surface area (Å²) >= 11 is 0. The molecule has 0 aliphatic heterocycles. The highest BCUT2D eigenvalue weighted by Crippen LogP contribution is 2.19. The number of rotatable bonds is 7. The standard InChI is InChI=1S/C17H19N5O3/c1-3-5-16-20-15(21-25-16)11-24-14-7-4-6-13(8-14)19-17(23)12-9-18-22(2)10-12/h4,6-10H,3,5,11H2,1-2H3,(H,19,23). The Bertz CT molecular complexity index is 855. The summed E-state index contributed by atoms with van der Waals surface area (Å²) in [6.07, 6.45) is 4.86. The largest absolute Gasteiger partial charge is 0.485 e. The second-order valence-corrected chi connectivity index (χ2v) is 5.53. The molecular weight excluding hydrogens is 322 g/mol. The summed E-state index contributed by atoms with van der Waals surface area (Å²) in [5.74, 6) is 1.48. The molecule has 0 radical (unpaired) electrons. The number of amides is 1. The lowest BCUT2D eigenvalue weighted by Crippen LogP contribution is -2.11. The minimum Gasteiger partial charge on any atom is -0.485 e. The second-order valence-electron chi connectivity index (χ2n) is 5.53. The number of aromatic nitrogens is 4. The van der Waals surface area contributed by atoms with E-state index in [2.05, 4.69) is 20.6 Å². The molecule has 2 heterocycles. The molecule has 0 aliphatic carbocycles. The molecule has 8 nitrogen and oxygen atoms in total. The number of ether oxygens (including phenoxy) is 1. The second kappa shape index (κ2) is 7.61. The van der Waals surface area contributed by atoms with Crippen LogP contribution >= 0.6 is 0 Å². The normalized spacial score (nSPS) is 10.6. The molecule has 0 saturated heterocycles. The predicted molar refractivity (Wildman–Crippen MR) is 90.2 cm³/mol. The fraction of sp³-hybridized carbons (Fsp3) is 0.294. The number of carbonyl (C=O) groups excluding carboxylic acids is 1. The smallest absolute Gasteiger partial charge is 0.258 e. The molecule has 0 bridgehead atoms. The number of aryl methyl sites for hydroxylation is 2. The molecule has 0 spiro atoms. The Morgan fingerprint density at radius 3 is 3.04 bits per heavy atom. The van der Waals surface area contributed by atoms with Crippen molar-refractivity contribution in [1.29, 1.82) is 0 Å². The first-order valence-electron chi connectivity index (χ1n) is 7.98. The van der Waals surface area contributed by atoms with Gasteiger partial charge in [0.25, 0.3) is 5.91 Å². The van der Waals surface area contributed by atoms with E-state index < -0.39 is 0 Å². The maximum atomic E-state index is 12.1. The topological polar surface area (TPSA) is 95.1 Å². The average molecular weight is 341 g/mol. The molecule has 0 fully saturated rings. The van der Waals surface area contributed by atoms with Crippen molar-refractivity contribution in [3.05, 3.63) is 53.9 Å². The third-order valence-corrected chi connectivity index (χ3v) is 3.40. The summed E-state index contributed by atoms with van der Waals surface area (Å²) in [5, 5.41) is 10.7. The molecule has 0 atom stereocenters. The monoisotopic (exact) mass is 341 g/mol. The summed E-state index contributed by atoms with van der Waals surface area (Å²) < 4.78 is 12.4. The van der Waals surface area contributed by atoms with Gasteiger partial charge in [0.15, 0.2) is 6.61 Å². The molecule has 25 heavy (non-hydrogen) atoms. The van der Waals surface area contributed by atoms with Crippen molar-refractivity contribution in [3.63, 3.8) is 0 Å². The lowest BCUT2D eigenvalue weighted by Gasteiger charge is -2.07. The zero-order valence-corrected chi connectivity index (χ0v) is 14.1. The van der Waals surface area contributed by atoms with Crippen LogP contribution in [0, 0.1) is 0 Å². The van der Waals surface area contributed by atoms with Gasteiger partial charge < -0.3 is 14.6 Å². The number of nitrogens with one attached hydrogen (secondary N) is 1. The zero-order chi connectivity index (χ0) is 17.6. The van der Waals surface area contributed by atoms with Crippen molar-refractivity contribution < 1.29 is 14.1 Å². The average Bonchev–Trinajstić information content (AvgIpc) is 3.23. The number of hydrogen-bond acceptors (Lipinski definition) is 6. The van der Waals surface area contributed by atoms with Crippen molar-refractivity contribution in [2.45, 2.75) is 26.4 Å². The van der Waals surface area contributed by atoms with Crippen LogP contribution in [0.4, 0.5) is 5.69 Å². The van der Waals surface area contributed by atoms with Crippen molar-refractivity contribution in [1.82, 2.24) is 19.9 Å². The Kier molecular flexibility index (Phi) is 5.08. The van der Waals surface area contributed by atoms with Crippen LogP contribution < -0.4 is 10.1 Å². The highest BCUT2D eigenvalue weighted by Gasteiger charge is 2.09. The first kappa shape index (κ1) is 16.7. The van der Waals surface area contributed by atoms with E-state index in [1.165, 1.54) is 6.20 Å². The molecule has 130 valence electrons. The van der Waals surface area contributed by atoms with E-state index in [0.29, 0.717) is 28.7 Å². The van der Waals surface area contributed by atoms with Crippen LogP contribution in [0.15, 0.2) is 41.2 Å². The Balaban J connectivity index is 1.59. The van der Waals surface area contributed by atoms with Crippen molar-refractivity contribution >= 4 is 11.6 Å². The van der Waals surface area contributed by atoms with E-state index in [1.807, 2.05) is 6.92 Å². The van der Waals surface area contributed by atoms with Gasteiger partial charge in [0.05, 0.1) is 11.8 Å². The summed E-state index contributed by atoms with van der Waals surface area (Å²) in [6, 6.07) is 7.12. The minimum atomic E-state index is -0.229. The lowest BCUT2D eigenvalue weighted by atomic mass is 10.2. The van der Waals surface area contributed by atoms with Gasteiger partial charge in [0.2, 0.25) is 11.7 Å². The molecule has 0 saturated carbocycles. The summed E-state index contributed by atoms with van der Waals surface area (Å²) in [4.78, 5) is 16.4. The molecule has 1 aromatic carbocycles. The predicted octanol–water partition coefficient (Wildman–Crippen LogP) is 2.59. The van der Waals surface area contributed by atoms with Gasteiger partial charge in [0.1, 0.15) is 5.75 Å². The summed E-state index contributed by atoms with van der Waals surface area (Å²) in [6.45, 7) is 2.25. The Morgan fingerprint density at radius 1 is 1.40 bits per heavy atom. The SMILES string of the molecule is CCCc1nc(COc2cccc(NC(=O)c3cnn(C)c3)c2)no1. The number of benzene rings is 1. The third-order valence-electron chi connectivity index (χ3n) is 3.40. The molecule has 3 aromatic rings. The van der Waals surface area contributed by atoms with Gasteiger partial charge in [-0.25, -0.2) is 0 Å². The number of anilines is 1. The first-order valence-corrected chi connectivity index (χ1v) is 7.98. The lowest BCUT2D eigenvalue weighted by molar-refractivity contribution is 0.102. The van der Waals surface area contributed by atoms with Crippen LogP contribution in [0.2, 0.25) is 0 Å². The van der Waals surface area contributed by atoms with Gasteiger partial charge in [-0.3, -0.25) is 9.48 Å². The summed E-state index contributed by atoms with van der Waals surface area (Å²) in [7, 11) is 1.76. The molecule has 1 N–H and O–H groups in total. The van der Waals surface area contributed by atoms with E-state index in [0.717, 1.165) is 12.8 Å². The van der Waals surface area contributed by atoms with Crippen molar-refractivity contribution in [2.75, 3.05) is 5.32 Å². The van der Waals surface area contributed by atoms with Crippen molar-refractivity contribution in [2.24, 2.45) is 7.05 Å². The van der Waals surface area contributed by atoms with Crippen LogP contribution in [0.3, 0.4) is 0 Å². The van der Waals surface area contributed by atoms with Gasteiger partial charge in [0, 0.05) is 31.4 Å². The molecular formula is C17H19N5O3. The van der Waals surface area contributed by atoms with E-state index in [9.17, 15) is 4.79 Å². The Labute approximate surface area is 144 Å². The Hall–Kier alpha value is -3.16. The van der Waals surface area contributed by atoms with Gasteiger partial charge in [-0.05, 0) is 18.6 Å². The minimum absolute atomic E-state index is 0.202. The Morgan fingerprint density at radius 2 is 2.28 bits per heavy atom. The van der Waals surface area contributed by atoms with Crippen molar-refractivity contribution in [3.8, 4) is 5.75 Å². The van der Waals surface area contributed by atoms with Gasteiger partial charge in [-0.2, -0.15) is 10.1 Å². The number of hydrogen-bond donors (Lipinski definition) is 1. The molecule has 0 aliphatic rings. The van der Waals surface area contributed by atoms with E-state index >= 15 is 0 Å². The van der Waals surface area contributed by atoms with Gasteiger partial charge in [-0.1, -0.05) is 18.1 Å². The maximum Gasteiger partial charge on any atom is 0.258 e. The van der Waals surface area contributed by atoms with E-state index in [-0.39, 0.29) is 12.5 Å². The molecule has 2 aromatic heterocycles. The molecule has 1 amide bonds.